The van der Waals surface area contributed by atoms with Crippen LogP contribution in [0.25, 0.3) is 0 Å². The largest absolute Gasteiger partial charge is 0.393 e. The molecule has 2 N–H and O–H groups in total. The number of rotatable bonds is 6. The highest BCUT2D eigenvalue weighted by Gasteiger charge is 2.47. The van der Waals surface area contributed by atoms with Crippen LogP contribution in [0.15, 0.2) is 23.8 Å². The normalized spacial score (nSPS) is 33.8. The summed E-state index contributed by atoms with van der Waals surface area (Å²) in [5.41, 5.74) is 1.09. The Kier molecular flexibility index (Phi) is 5.55. The molecule has 0 aliphatic heterocycles. The van der Waals surface area contributed by atoms with Gasteiger partial charge < -0.3 is 10.2 Å². The lowest BCUT2D eigenvalue weighted by Crippen LogP contribution is -2.39. The highest BCUT2D eigenvalue weighted by atomic mass is 16.3. The van der Waals surface area contributed by atoms with E-state index in [0.717, 1.165) is 38.5 Å². The Bertz CT molecular complexity index is 433. The molecule has 0 aromatic rings. The molecule has 0 radical (unpaired) electrons. The molecule has 1 unspecified atom stereocenters. The van der Waals surface area contributed by atoms with Crippen LogP contribution in [-0.2, 0) is 0 Å². The molecule has 1 saturated carbocycles. The molecule has 0 heterocycles. The van der Waals surface area contributed by atoms with Crippen molar-refractivity contribution < 1.29 is 10.2 Å². The third-order valence-electron chi connectivity index (χ3n) is 6.40. The molecule has 2 rings (SSSR count). The molecule has 0 saturated heterocycles. The van der Waals surface area contributed by atoms with Crippen molar-refractivity contribution in [3.8, 4) is 0 Å². The van der Waals surface area contributed by atoms with Crippen LogP contribution in [0.1, 0.15) is 72.6 Å². The van der Waals surface area contributed by atoms with E-state index in [9.17, 15) is 10.2 Å². The van der Waals surface area contributed by atoms with Crippen molar-refractivity contribution in [1.82, 2.24) is 0 Å². The molecule has 0 aromatic carbocycles. The summed E-state index contributed by atoms with van der Waals surface area (Å²) in [5.74, 6) is 0.917. The quantitative estimate of drug-likeness (QED) is 0.703. The second-order valence-electron chi connectivity index (χ2n) is 7.73. The molecule has 2 aliphatic rings. The van der Waals surface area contributed by atoms with Crippen molar-refractivity contribution >= 4 is 0 Å². The minimum absolute atomic E-state index is 0.125. The fourth-order valence-corrected chi connectivity index (χ4v) is 4.62. The molecule has 0 spiro atoms. The summed E-state index contributed by atoms with van der Waals surface area (Å²) < 4.78 is 0. The third-order valence-corrected chi connectivity index (χ3v) is 6.40. The summed E-state index contributed by atoms with van der Waals surface area (Å²) in [6.45, 7) is 8.72. The topological polar surface area (TPSA) is 40.5 Å². The van der Waals surface area contributed by atoms with E-state index in [4.69, 9.17) is 0 Å². The van der Waals surface area contributed by atoms with Gasteiger partial charge in [-0.1, -0.05) is 51.5 Å². The lowest BCUT2D eigenvalue weighted by Gasteiger charge is -2.43. The Labute approximate surface area is 136 Å². The lowest BCUT2D eigenvalue weighted by atomic mass is 9.63. The number of hydrogen-bond acceptors (Lipinski definition) is 2. The van der Waals surface area contributed by atoms with Crippen molar-refractivity contribution in [2.45, 2.75) is 84.3 Å². The minimum Gasteiger partial charge on any atom is -0.393 e. The Morgan fingerprint density at radius 2 is 2.09 bits per heavy atom. The fraction of sp³-hybridized carbons (Fsp3) is 0.800. The molecule has 0 aromatic heterocycles. The van der Waals surface area contributed by atoms with Crippen molar-refractivity contribution in [2.75, 3.05) is 0 Å². The van der Waals surface area contributed by atoms with Crippen LogP contribution in [-0.4, -0.2) is 21.9 Å². The second kappa shape index (κ2) is 6.88. The maximum Gasteiger partial charge on any atom is 0.0822 e. The molecular formula is C20H34O2. The first-order valence-electron chi connectivity index (χ1n) is 9.15. The lowest BCUT2D eigenvalue weighted by molar-refractivity contribution is 0.00804. The summed E-state index contributed by atoms with van der Waals surface area (Å²) in [7, 11) is 0. The zero-order valence-corrected chi connectivity index (χ0v) is 14.8. The van der Waals surface area contributed by atoms with E-state index >= 15 is 0 Å². The van der Waals surface area contributed by atoms with E-state index in [1.807, 2.05) is 19.9 Å². The monoisotopic (exact) mass is 306 g/mol. The summed E-state index contributed by atoms with van der Waals surface area (Å²) in [4.78, 5) is 0. The fourth-order valence-electron chi connectivity index (χ4n) is 4.62. The molecule has 4 atom stereocenters. The number of hydrogen-bond donors (Lipinski definition) is 2. The van der Waals surface area contributed by atoms with Gasteiger partial charge in [-0.05, 0) is 62.2 Å². The molecular weight excluding hydrogens is 272 g/mol. The highest BCUT2D eigenvalue weighted by Crippen LogP contribution is 2.55. The Morgan fingerprint density at radius 3 is 2.73 bits per heavy atom. The van der Waals surface area contributed by atoms with Gasteiger partial charge in [-0.2, -0.15) is 0 Å². The molecule has 2 aliphatic carbocycles. The SMILES string of the molecule is CCC(O)(/C=C/CC(C)C1=CC[C@H]2[C@@H](O)CCC[C@]12C)CC. The average molecular weight is 306 g/mol. The standard InChI is InChI=1S/C20H34O2/c1-5-20(22,6-2)14-7-9-15(3)16-11-12-17-18(21)10-8-13-19(16,17)4/h7,11,14-15,17-18,21-22H,5-6,8-10,12-13H2,1-4H3/b14-7+/t15?,17-,18-,19+/m0/s1. The van der Waals surface area contributed by atoms with Gasteiger partial charge in [-0.25, -0.2) is 0 Å². The van der Waals surface area contributed by atoms with Gasteiger partial charge in [-0.3, -0.25) is 0 Å². The van der Waals surface area contributed by atoms with Gasteiger partial charge in [0.15, 0.2) is 0 Å². The van der Waals surface area contributed by atoms with Crippen LogP contribution < -0.4 is 0 Å². The molecule has 0 amide bonds. The number of aliphatic hydroxyl groups is 2. The maximum absolute atomic E-state index is 10.3. The van der Waals surface area contributed by atoms with Crippen molar-refractivity contribution in [3.63, 3.8) is 0 Å². The molecule has 0 bridgehead atoms. The van der Waals surface area contributed by atoms with Crippen LogP contribution in [0.4, 0.5) is 0 Å². The summed E-state index contributed by atoms with van der Waals surface area (Å²) in [6, 6.07) is 0. The average Bonchev–Trinajstić information content (AvgIpc) is 2.85. The van der Waals surface area contributed by atoms with E-state index in [2.05, 4.69) is 26.0 Å². The van der Waals surface area contributed by atoms with Gasteiger partial charge in [-0.15, -0.1) is 0 Å². The van der Waals surface area contributed by atoms with E-state index in [1.54, 1.807) is 0 Å². The van der Waals surface area contributed by atoms with Crippen LogP contribution in [0.3, 0.4) is 0 Å². The first kappa shape index (κ1) is 17.7. The second-order valence-corrected chi connectivity index (χ2v) is 7.73. The van der Waals surface area contributed by atoms with Crippen molar-refractivity contribution in [3.05, 3.63) is 23.8 Å². The van der Waals surface area contributed by atoms with E-state index in [1.165, 1.54) is 12.0 Å². The summed E-state index contributed by atoms with van der Waals surface area (Å²) in [6.07, 6.45) is 13.3. The predicted molar refractivity (Wildman–Crippen MR) is 92.6 cm³/mol. The highest BCUT2D eigenvalue weighted by molar-refractivity contribution is 5.26. The smallest absolute Gasteiger partial charge is 0.0822 e. The van der Waals surface area contributed by atoms with Crippen molar-refractivity contribution in [1.29, 1.82) is 0 Å². The zero-order chi connectivity index (χ0) is 16.4. The maximum atomic E-state index is 10.3. The molecule has 2 heteroatoms. The van der Waals surface area contributed by atoms with Gasteiger partial charge in [0, 0.05) is 0 Å². The van der Waals surface area contributed by atoms with Crippen LogP contribution in [0.2, 0.25) is 0 Å². The first-order valence-corrected chi connectivity index (χ1v) is 9.15. The molecule has 126 valence electrons. The van der Waals surface area contributed by atoms with E-state index in [-0.39, 0.29) is 11.5 Å². The number of allylic oxidation sites excluding steroid dienone is 3. The van der Waals surface area contributed by atoms with E-state index < -0.39 is 5.60 Å². The summed E-state index contributed by atoms with van der Waals surface area (Å²) in [5, 5.41) is 20.7. The van der Waals surface area contributed by atoms with E-state index in [0.29, 0.717) is 11.8 Å². The van der Waals surface area contributed by atoms with Gasteiger partial charge in [0.2, 0.25) is 0 Å². The van der Waals surface area contributed by atoms with Gasteiger partial charge in [0.1, 0.15) is 0 Å². The van der Waals surface area contributed by atoms with Gasteiger partial charge in [0.25, 0.3) is 0 Å². The number of aliphatic hydroxyl groups excluding tert-OH is 1. The molecule has 2 nitrogen and oxygen atoms in total. The van der Waals surface area contributed by atoms with Gasteiger partial charge >= 0.3 is 0 Å². The van der Waals surface area contributed by atoms with Crippen LogP contribution in [0, 0.1) is 17.3 Å². The van der Waals surface area contributed by atoms with Crippen molar-refractivity contribution in [2.24, 2.45) is 17.3 Å². The van der Waals surface area contributed by atoms with Crippen LogP contribution >= 0.6 is 0 Å². The number of fused-ring (bicyclic) bond motifs is 1. The minimum atomic E-state index is -0.642. The predicted octanol–water partition coefficient (Wildman–Crippen LogP) is 4.62. The first-order chi connectivity index (χ1) is 10.4. The third kappa shape index (κ3) is 3.33. The molecule has 22 heavy (non-hydrogen) atoms. The van der Waals surface area contributed by atoms with Crippen LogP contribution in [0.5, 0.6) is 0 Å². The summed E-state index contributed by atoms with van der Waals surface area (Å²) >= 11 is 0. The van der Waals surface area contributed by atoms with Gasteiger partial charge in [0.05, 0.1) is 11.7 Å². The Hall–Kier alpha value is -0.600. The Morgan fingerprint density at radius 1 is 1.41 bits per heavy atom. The molecule has 1 fully saturated rings. The Balaban J connectivity index is 2.01. The zero-order valence-electron chi connectivity index (χ0n) is 14.8.